The molecule has 2 unspecified atom stereocenters. The van der Waals surface area contributed by atoms with Gasteiger partial charge >= 0.3 is 13.5 Å². The average Bonchev–Trinajstić information content (AvgIpc) is 4.13. The minimum absolute atomic E-state index is 0.0157. The molecule has 0 radical (unpaired) electrons. The number of benzene rings is 1. The van der Waals surface area contributed by atoms with E-state index >= 15 is 13.3 Å². The summed E-state index contributed by atoms with van der Waals surface area (Å²) in [5, 5.41) is 8.24. The van der Waals surface area contributed by atoms with E-state index in [2.05, 4.69) is 52.8 Å². The lowest BCUT2D eigenvalue weighted by molar-refractivity contribution is -0.131. The SMILES string of the molecule is CCCCCCCC(=O)N[C@H](C(=O)N[C@@H](C)C(=O)Nc1ccc(CSP2(=O)OC[C@H]3O[C@@H](n4cnc5c(N)ncnc54)[C@H](F)[C@@H]3OP(O)(=S)OC[C@H]3O[C@@H](n4cnc5c(=O)[nH]cnc54)[C@H](F)[C@@H]3O2)cc1)C(C)C. The van der Waals surface area contributed by atoms with Gasteiger partial charge in [-0.1, -0.05) is 58.6 Å². The van der Waals surface area contributed by atoms with Gasteiger partial charge in [0.25, 0.3) is 5.56 Å². The summed E-state index contributed by atoms with van der Waals surface area (Å²) in [6.07, 6.45) is -4.00. The van der Waals surface area contributed by atoms with Crippen molar-refractivity contribution in [2.24, 2.45) is 5.92 Å². The van der Waals surface area contributed by atoms with Crippen molar-refractivity contribution in [3.63, 3.8) is 0 Å². The number of rotatable bonds is 17. The average molecular weight is 1100 g/mol. The number of imidazole rings is 2. The standard InChI is InChI=1S/C43H56F2N12O12P2S2/c1-5-6-7-8-9-10-28(58)55-31(22(2)3)41(61)53-23(4)39(59)54-25-13-11-24(12-14-25)17-73-71(63)65-16-27-34(29(44)42(67-27)56-20-51-32-36(46)47-18-48-37(32)56)68-70(62,72)64-15-26-35(69-71)30(45)43(66-26)57-21-52-33-38(57)49-19-50-40(33)60/h11-14,18-23,26-27,29-31,34-35,42-43H,5-10,15-17H2,1-4H3,(H,53,61)(H,54,59)(H,55,58)(H,62,72)(H2,46,47,48)(H,49,50,60)/t23-,26+,27+,29+,30+,31-,34+,35+,42+,43+,70?,71?/m0/s1. The number of aromatic amines is 1. The number of halogens is 2. The fourth-order valence-corrected chi connectivity index (χ4v) is 13.2. The van der Waals surface area contributed by atoms with E-state index in [-0.39, 0.29) is 45.7 Å². The fraction of sp³-hybridized carbons (Fsp3) is 0.558. The number of H-pyrrole nitrogens is 1. The Bertz CT molecular complexity index is 2940. The number of nitrogens with two attached hydrogens (primary N) is 1. The maximum atomic E-state index is 16.9. The Balaban J connectivity index is 0.977. The molecule has 0 spiro atoms. The van der Waals surface area contributed by atoms with E-state index < -0.39 is 105 Å². The number of ether oxygens (including phenoxy) is 2. The number of hydrogen-bond acceptors (Lipinski definition) is 19. The Kier molecular flexibility index (Phi) is 17.4. The normalized spacial score (nSPS) is 28.4. The van der Waals surface area contributed by atoms with Gasteiger partial charge in [-0.05, 0) is 60.1 Å². The lowest BCUT2D eigenvalue weighted by atomic mass is 10.0. The van der Waals surface area contributed by atoms with E-state index in [0.717, 1.165) is 55.7 Å². The Morgan fingerprint density at radius 1 is 0.877 bits per heavy atom. The molecule has 5 aromatic rings. The van der Waals surface area contributed by atoms with Crippen LogP contribution in [0.3, 0.4) is 0 Å². The first kappa shape index (κ1) is 54.4. The van der Waals surface area contributed by atoms with Crippen LogP contribution in [0.4, 0.5) is 20.3 Å². The molecule has 24 nitrogen and oxygen atoms in total. The monoisotopic (exact) mass is 1100 g/mol. The van der Waals surface area contributed by atoms with Crippen LogP contribution < -0.4 is 27.2 Å². The third kappa shape index (κ3) is 12.6. The van der Waals surface area contributed by atoms with Gasteiger partial charge in [0.05, 0.1) is 32.2 Å². The summed E-state index contributed by atoms with van der Waals surface area (Å²) in [6, 6.07) is 4.54. The summed E-state index contributed by atoms with van der Waals surface area (Å²) in [4.78, 5) is 85.7. The van der Waals surface area contributed by atoms with Crippen molar-refractivity contribution in [1.82, 2.24) is 49.7 Å². The van der Waals surface area contributed by atoms with Crippen molar-refractivity contribution < 1.29 is 60.2 Å². The molecule has 396 valence electrons. The molecule has 7 N–H and O–H groups in total. The summed E-state index contributed by atoms with van der Waals surface area (Å²) in [5.41, 5.74) is 6.33. The number of carbonyl (C=O) groups excluding carboxylic acids is 3. The molecule has 3 aliphatic rings. The molecule has 3 fully saturated rings. The lowest BCUT2D eigenvalue weighted by Gasteiger charge is -2.30. The highest BCUT2D eigenvalue weighted by Crippen LogP contribution is 2.65. The van der Waals surface area contributed by atoms with Crippen LogP contribution in [0.5, 0.6) is 0 Å². The summed E-state index contributed by atoms with van der Waals surface area (Å²) in [6.45, 7) is -3.22. The third-order valence-electron chi connectivity index (χ3n) is 12.3. The van der Waals surface area contributed by atoms with Gasteiger partial charge in [-0.25, -0.2) is 38.3 Å². The number of amides is 3. The van der Waals surface area contributed by atoms with Crippen molar-refractivity contribution in [1.29, 1.82) is 0 Å². The molecule has 1 aromatic carbocycles. The molecule has 0 saturated carbocycles. The number of nitrogen functional groups attached to an aromatic ring is 1. The van der Waals surface area contributed by atoms with Crippen LogP contribution in [0.25, 0.3) is 22.3 Å². The van der Waals surface area contributed by atoms with Crippen molar-refractivity contribution in [3.05, 3.63) is 65.5 Å². The fourth-order valence-electron chi connectivity index (χ4n) is 8.35. The molecule has 4 aromatic heterocycles. The highest BCUT2D eigenvalue weighted by Gasteiger charge is 2.55. The molecule has 0 bridgehead atoms. The molecule has 3 amide bonds. The number of carbonyl (C=O) groups is 3. The minimum Gasteiger partial charge on any atom is -0.382 e. The van der Waals surface area contributed by atoms with E-state index in [1.165, 1.54) is 17.8 Å². The minimum atomic E-state index is -4.60. The van der Waals surface area contributed by atoms with Gasteiger partial charge in [0.1, 0.15) is 48.3 Å². The van der Waals surface area contributed by atoms with Crippen LogP contribution in [0, 0.1) is 5.92 Å². The van der Waals surface area contributed by atoms with Gasteiger partial charge in [0, 0.05) is 17.9 Å². The topological polar surface area (TPSA) is 313 Å². The molecule has 8 rings (SSSR count). The number of nitrogens with zero attached hydrogens (tertiary/aromatic N) is 7. The quantitative estimate of drug-likeness (QED) is 0.0525. The number of aromatic nitrogens is 8. The van der Waals surface area contributed by atoms with E-state index in [1.807, 2.05) is 0 Å². The van der Waals surface area contributed by atoms with Crippen molar-refractivity contribution in [2.75, 3.05) is 24.3 Å². The first-order valence-electron chi connectivity index (χ1n) is 23.5. The summed E-state index contributed by atoms with van der Waals surface area (Å²) < 4.78 is 86.7. The zero-order valence-electron chi connectivity index (χ0n) is 39.9. The van der Waals surface area contributed by atoms with Gasteiger partial charge in [0.2, 0.25) is 17.7 Å². The molecule has 12 atom stereocenters. The van der Waals surface area contributed by atoms with Gasteiger partial charge in [0.15, 0.2) is 47.4 Å². The summed E-state index contributed by atoms with van der Waals surface area (Å²) in [5.74, 6) is -1.59. The number of hydrogen-bond donors (Lipinski definition) is 6. The maximum absolute atomic E-state index is 16.9. The van der Waals surface area contributed by atoms with Crippen LogP contribution in [0.2, 0.25) is 0 Å². The smallest absolute Gasteiger partial charge is 0.382 e. The molecular weight excluding hydrogens is 1040 g/mol. The second kappa shape index (κ2) is 23.4. The van der Waals surface area contributed by atoms with Gasteiger partial charge in [-0.15, -0.1) is 0 Å². The summed E-state index contributed by atoms with van der Waals surface area (Å²) in [7, 11) is 0. The second-order valence-corrected chi connectivity index (χ2v) is 24.8. The van der Waals surface area contributed by atoms with Crippen LogP contribution in [0.1, 0.15) is 84.2 Å². The largest absolute Gasteiger partial charge is 0.389 e. The Morgan fingerprint density at radius 3 is 2.18 bits per heavy atom. The predicted molar refractivity (Wildman–Crippen MR) is 265 cm³/mol. The van der Waals surface area contributed by atoms with E-state index in [9.17, 15) is 24.1 Å². The molecule has 7 heterocycles. The Morgan fingerprint density at radius 2 is 1.51 bits per heavy atom. The highest BCUT2D eigenvalue weighted by molar-refractivity contribution is 8.54. The van der Waals surface area contributed by atoms with Crippen molar-refractivity contribution in [2.45, 2.75) is 133 Å². The van der Waals surface area contributed by atoms with Crippen LogP contribution in [-0.2, 0) is 64.1 Å². The molecular formula is C43H56F2N12O12P2S2. The van der Waals surface area contributed by atoms with Crippen molar-refractivity contribution in [3.8, 4) is 0 Å². The highest BCUT2D eigenvalue weighted by atomic mass is 32.7. The Hall–Kier alpha value is -4.86. The molecule has 0 aliphatic carbocycles. The van der Waals surface area contributed by atoms with Gasteiger partial charge in [-0.2, -0.15) is 0 Å². The first-order valence-corrected chi connectivity index (χ1v) is 29.2. The van der Waals surface area contributed by atoms with Gasteiger partial charge < -0.3 is 45.6 Å². The second-order valence-electron chi connectivity index (χ2n) is 17.9. The molecule has 3 aliphatic heterocycles. The van der Waals surface area contributed by atoms with Crippen LogP contribution in [-0.4, -0.2) is 124 Å². The maximum Gasteiger partial charge on any atom is 0.389 e. The zero-order valence-corrected chi connectivity index (χ0v) is 43.4. The number of anilines is 2. The van der Waals surface area contributed by atoms with Crippen molar-refractivity contribution >= 4 is 88.3 Å². The predicted octanol–water partition coefficient (Wildman–Crippen LogP) is 5.03. The number of nitrogens with one attached hydrogen (secondary N) is 4. The molecule has 3 saturated heterocycles. The number of alkyl halides is 2. The van der Waals surface area contributed by atoms with Crippen LogP contribution in [0.15, 0.2) is 54.4 Å². The first-order chi connectivity index (χ1) is 34.8. The molecule has 73 heavy (non-hydrogen) atoms. The van der Waals surface area contributed by atoms with E-state index in [4.69, 9.17) is 45.1 Å². The molecule has 30 heteroatoms. The summed E-state index contributed by atoms with van der Waals surface area (Å²) >= 11 is 5.95. The van der Waals surface area contributed by atoms with Gasteiger partial charge in [-0.3, -0.25) is 41.9 Å². The Labute approximate surface area is 425 Å². The van der Waals surface area contributed by atoms with Crippen LogP contribution >= 0.6 is 24.9 Å². The number of unbranched alkanes of at least 4 members (excludes halogenated alkanes) is 4. The third-order valence-corrected chi connectivity index (χ3v) is 17.5. The zero-order chi connectivity index (χ0) is 52.2. The van der Waals surface area contributed by atoms with E-state index in [1.54, 1.807) is 38.1 Å². The van der Waals surface area contributed by atoms with E-state index in [0.29, 0.717) is 29.1 Å². The number of fused-ring (bicyclic) bond motifs is 4. The lowest BCUT2D eigenvalue weighted by Crippen LogP contribution is -2.53.